The number of nitrogens with two attached hydrogens (primary N) is 1. The minimum absolute atomic E-state index is 0.0554. The quantitative estimate of drug-likeness (QED) is 0.0162. The van der Waals surface area contributed by atoms with E-state index < -0.39 is 5.97 Å². The molecule has 0 unspecified atom stereocenters. The fourth-order valence-electron chi connectivity index (χ4n) is 10.5. The van der Waals surface area contributed by atoms with Crippen molar-refractivity contribution in [1.82, 2.24) is 39.6 Å². The monoisotopic (exact) mass is 1170 g/mol. The van der Waals surface area contributed by atoms with Gasteiger partial charge >= 0.3 is 5.97 Å². The van der Waals surface area contributed by atoms with Gasteiger partial charge in [-0.15, -0.1) is 0 Å². The van der Waals surface area contributed by atoms with Crippen LogP contribution in [0.1, 0.15) is 49.4 Å². The van der Waals surface area contributed by atoms with Crippen LogP contribution in [-0.2, 0) is 35.6 Å². The second-order valence-electron chi connectivity index (χ2n) is 21.0. The Morgan fingerprint density at radius 2 is 1.47 bits per heavy atom. The number of nitrogen functional groups attached to an aromatic ring is 1. The minimum atomic E-state index is -1.02. The summed E-state index contributed by atoms with van der Waals surface area (Å²) in [6, 6.07) is 18.8. The maximum atomic E-state index is 13.3. The van der Waals surface area contributed by atoms with Gasteiger partial charge in [0.1, 0.15) is 28.9 Å². The highest BCUT2D eigenvalue weighted by Crippen LogP contribution is 2.41. The van der Waals surface area contributed by atoms with E-state index >= 15 is 0 Å². The van der Waals surface area contributed by atoms with Crippen molar-refractivity contribution in [3.63, 3.8) is 0 Å². The maximum absolute atomic E-state index is 13.3. The van der Waals surface area contributed by atoms with Gasteiger partial charge in [0, 0.05) is 107 Å². The number of nitrogens with zero attached hydrogens (tertiary/aromatic N) is 10. The highest BCUT2D eigenvalue weighted by molar-refractivity contribution is 6.04. The lowest BCUT2D eigenvalue weighted by molar-refractivity contribution is -0.134. The summed E-state index contributed by atoms with van der Waals surface area (Å²) >= 11 is 0. The van der Waals surface area contributed by atoms with Gasteiger partial charge in [-0.1, -0.05) is 38.0 Å². The lowest BCUT2D eigenvalue weighted by Gasteiger charge is -2.43. The normalized spacial score (nSPS) is 14.5. The standard InChI is InChI=1S/C61H82N14O10/c1-9-49-58(77)74(6)53-39-65-61(69-56(53)75(49)42-14-10-11-15-42)67-47-19-18-41(36-54(47)80-7)57(76)63-23-28-82-30-32-84-34-35-85-33-31-83-29-27-70(2)24-21-51(59(78)79)71(3)25-26-72(4)52-38-55(81-8)48(37-45(52)62)68-60-64-22-20-46(66-60)44-40-73(5)50-17-13-12-16-43(44)50/h12-13,16-22,36-40,42,49H,9-11,14-15,23-35,62H2,1-8H3,(H,63,76)(H,78,79)(H,64,66,68)(H,65,67,69)/b51-21-/t49-/m1/s1. The van der Waals surface area contributed by atoms with Gasteiger partial charge in [0.15, 0.2) is 5.82 Å². The molecule has 3 aromatic heterocycles. The Hall–Kier alpha value is -8.29. The van der Waals surface area contributed by atoms with Crippen LogP contribution >= 0.6 is 0 Å². The van der Waals surface area contributed by atoms with Crippen molar-refractivity contribution in [3.8, 4) is 22.8 Å². The van der Waals surface area contributed by atoms with Crippen molar-refractivity contribution in [2.75, 3.05) is 159 Å². The van der Waals surface area contributed by atoms with Crippen LogP contribution in [-0.4, -0.2) is 197 Å². The zero-order valence-corrected chi connectivity index (χ0v) is 50.1. The number of amides is 2. The number of carboxylic acids is 1. The topological polar surface area (TPSA) is 262 Å². The number of aryl methyl sites for hydroxylation is 1. The summed E-state index contributed by atoms with van der Waals surface area (Å²) in [4.78, 5) is 66.9. The number of nitrogens with one attached hydrogen (secondary N) is 3. The molecule has 1 aliphatic heterocycles. The van der Waals surface area contributed by atoms with Gasteiger partial charge < -0.3 is 84.3 Å². The molecule has 1 aliphatic carbocycles. The van der Waals surface area contributed by atoms with E-state index in [1.165, 1.54) is 7.11 Å². The van der Waals surface area contributed by atoms with Gasteiger partial charge in [0.25, 0.3) is 5.91 Å². The molecule has 6 aromatic rings. The van der Waals surface area contributed by atoms with Crippen molar-refractivity contribution in [2.24, 2.45) is 7.05 Å². The highest BCUT2D eigenvalue weighted by Gasteiger charge is 2.41. The number of ether oxygens (including phenoxy) is 6. The van der Waals surface area contributed by atoms with Crippen LogP contribution in [0, 0.1) is 0 Å². The Morgan fingerprint density at radius 3 is 2.18 bits per heavy atom. The minimum Gasteiger partial charge on any atom is -0.495 e. The summed E-state index contributed by atoms with van der Waals surface area (Å²) in [5.74, 6) is 1.25. The largest absolute Gasteiger partial charge is 0.495 e. The fourth-order valence-corrected chi connectivity index (χ4v) is 10.5. The van der Waals surface area contributed by atoms with E-state index in [1.54, 1.807) is 73.7 Å². The number of methoxy groups -OCH3 is 2. The maximum Gasteiger partial charge on any atom is 0.351 e. The van der Waals surface area contributed by atoms with Crippen molar-refractivity contribution in [2.45, 2.75) is 51.1 Å². The molecule has 2 aliphatic rings. The molecule has 1 saturated carbocycles. The molecule has 1 fully saturated rings. The molecule has 1 atom stereocenters. The Bertz CT molecular complexity index is 3250. The first-order valence-corrected chi connectivity index (χ1v) is 28.8. The van der Waals surface area contributed by atoms with Gasteiger partial charge in [-0.05, 0) is 68.8 Å². The Morgan fingerprint density at radius 1 is 0.800 bits per heavy atom. The first-order chi connectivity index (χ1) is 41.2. The molecule has 0 spiro atoms. The van der Waals surface area contributed by atoms with Gasteiger partial charge in [0.2, 0.25) is 17.8 Å². The number of aliphatic carboxylic acids is 1. The van der Waals surface area contributed by atoms with Crippen LogP contribution in [0.3, 0.4) is 0 Å². The number of aromatic nitrogens is 5. The Labute approximate surface area is 497 Å². The predicted molar refractivity (Wildman–Crippen MR) is 330 cm³/mol. The first kappa shape index (κ1) is 62.7. The fraction of sp³-hybridized carbons (Fsp3) is 0.459. The highest BCUT2D eigenvalue weighted by atomic mass is 16.6. The van der Waals surface area contributed by atoms with Gasteiger partial charge in [-0.3, -0.25) is 9.59 Å². The number of likely N-dealkylation sites (N-methyl/N-ethyl adjacent to an activating group) is 4. The smallest absolute Gasteiger partial charge is 0.351 e. The molecule has 3 aromatic carbocycles. The average molecular weight is 1170 g/mol. The second-order valence-corrected chi connectivity index (χ2v) is 21.0. The van der Waals surface area contributed by atoms with E-state index in [1.807, 2.05) is 62.1 Å². The molecule has 6 N–H and O–H groups in total. The van der Waals surface area contributed by atoms with Crippen LogP contribution in [0.2, 0.25) is 0 Å². The molecule has 2 amide bonds. The third kappa shape index (κ3) is 16.1. The molecule has 24 nitrogen and oxygen atoms in total. The van der Waals surface area contributed by atoms with E-state index in [4.69, 9.17) is 44.1 Å². The molecule has 0 saturated heterocycles. The molecule has 456 valence electrons. The van der Waals surface area contributed by atoms with E-state index in [9.17, 15) is 19.5 Å². The molecule has 85 heavy (non-hydrogen) atoms. The Balaban J connectivity index is 0.662. The molecule has 0 radical (unpaired) electrons. The third-order valence-electron chi connectivity index (χ3n) is 15.2. The van der Waals surface area contributed by atoms with Crippen LogP contribution < -0.4 is 45.9 Å². The van der Waals surface area contributed by atoms with Crippen LogP contribution in [0.4, 0.5) is 46.2 Å². The lowest BCUT2D eigenvalue weighted by Crippen LogP contribution is -2.55. The summed E-state index contributed by atoms with van der Waals surface area (Å²) in [5, 5.41) is 20.6. The van der Waals surface area contributed by atoms with Gasteiger partial charge in [-0.2, -0.15) is 4.98 Å². The van der Waals surface area contributed by atoms with E-state index in [-0.39, 0.29) is 29.6 Å². The number of benzene rings is 3. The summed E-state index contributed by atoms with van der Waals surface area (Å²) in [6.07, 6.45) is 12.1. The first-order valence-electron chi connectivity index (χ1n) is 28.8. The van der Waals surface area contributed by atoms with E-state index in [2.05, 4.69) is 53.7 Å². The summed E-state index contributed by atoms with van der Waals surface area (Å²) in [7, 11) is 12.5. The molecule has 4 heterocycles. The molecule has 0 bridgehead atoms. The SMILES string of the molecule is CC[C@@H]1C(=O)N(C)c2cnc(Nc3ccc(C(=O)NCCOCCOCCOCCOCCN(C)C/C=C(/C(=O)O)N(C)CCN(C)c4cc(OC)c(Nc5nccc(-c6cn(C)c7ccccc67)n5)cc4N)cc3OC)nc2N1C1CCCC1. The summed E-state index contributed by atoms with van der Waals surface area (Å²) < 4.78 is 36.2. The molecular weight excluding hydrogens is 1090 g/mol. The zero-order chi connectivity index (χ0) is 60.4. The number of para-hydroxylation sites is 1. The van der Waals surface area contributed by atoms with E-state index in [0.29, 0.717) is 144 Å². The predicted octanol–water partition coefficient (Wildman–Crippen LogP) is 6.78. The lowest BCUT2D eigenvalue weighted by atomic mass is 10.0. The molecular formula is C61H82N14O10. The number of carbonyl (C=O) groups excluding carboxylic acids is 2. The number of carbonyl (C=O) groups is 3. The summed E-state index contributed by atoms with van der Waals surface area (Å²) in [5.41, 5.74) is 13.2. The number of hydrogen-bond acceptors (Lipinski definition) is 20. The molecule has 24 heteroatoms. The number of anilines is 8. The number of rotatable bonds is 33. The van der Waals surface area contributed by atoms with Crippen molar-refractivity contribution >= 4 is 74.8 Å². The molecule has 8 rings (SSSR count). The van der Waals surface area contributed by atoms with Crippen molar-refractivity contribution < 1.29 is 47.9 Å². The van der Waals surface area contributed by atoms with Crippen LogP contribution in [0.25, 0.3) is 22.2 Å². The summed E-state index contributed by atoms with van der Waals surface area (Å²) in [6.45, 7) is 7.29. The van der Waals surface area contributed by atoms with Crippen LogP contribution in [0.5, 0.6) is 11.5 Å². The second kappa shape index (κ2) is 30.5. The Kier molecular flexibility index (Phi) is 22.5. The van der Waals surface area contributed by atoms with Crippen molar-refractivity contribution in [3.05, 3.63) is 96.6 Å². The van der Waals surface area contributed by atoms with Crippen molar-refractivity contribution in [1.29, 1.82) is 0 Å². The number of carboxylic acid groups (broad SMARTS) is 1. The van der Waals surface area contributed by atoms with E-state index in [0.717, 1.165) is 59.3 Å². The van der Waals surface area contributed by atoms with Gasteiger partial charge in [-0.25, -0.2) is 19.7 Å². The zero-order valence-electron chi connectivity index (χ0n) is 50.1. The van der Waals surface area contributed by atoms with Gasteiger partial charge in [0.05, 0.1) is 102 Å². The third-order valence-corrected chi connectivity index (χ3v) is 15.2. The number of hydrogen-bond donors (Lipinski definition) is 5. The number of fused-ring (bicyclic) bond motifs is 2. The van der Waals surface area contributed by atoms with Crippen LogP contribution in [0.15, 0.2) is 91.0 Å². The average Bonchev–Trinajstić information content (AvgIpc) is 2.79.